The number of nitro groups is 1. The fraction of sp³-hybridized carbons (Fsp3) is 0.350. The van der Waals surface area contributed by atoms with Gasteiger partial charge in [0.25, 0.3) is 11.6 Å². The number of hydrogen-bond acceptors (Lipinski definition) is 6. The van der Waals surface area contributed by atoms with Crippen LogP contribution in [0.15, 0.2) is 42.5 Å². The van der Waals surface area contributed by atoms with Gasteiger partial charge in [-0.2, -0.15) is 0 Å². The standard InChI is InChI=1S/C20H25N3O5/c1-3-4-13-28-18-10-5-15(14-19(18)27-2)20(24)22-12-11-21-16-6-8-17(9-7-16)23(25)26/h5-10,14,21H,3-4,11-13H2,1-2H3,(H,22,24). The molecule has 2 N–H and O–H groups in total. The average molecular weight is 387 g/mol. The number of nitro benzene ring substituents is 1. The highest BCUT2D eigenvalue weighted by atomic mass is 16.6. The predicted molar refractivity (Wildman–Crippen MR) is 107 cm³/mol. The number of benzene rings is 2. The zero-order valence-corrected chi connectivity index (χ0v) is 16.1. The monoisotopic (exact) mass is 387 g/mol. The minimum atomic E-state index is -0.446. The van der Waals surface area contributed by atoms with Gasteiger partial charge in [0.05, 0.1) is 18.6 Å². The number of anilines is 1. The first-order chi connectivity index (χ1) is 13.5. The molecule has 0 bridgehead atoms. The number of ether oxygens (including phenoxy) is 2. The molecule has 8 nitrogen and oxygen atoms in total. The number of nitrogens with one attached hydrogen (secondary N) is 2. The molecule has 28 heavy (non-hydrogen) atoms. The summed E-state index contributed by atoms with van der Waals surface area (Å²) in [6.07, 6.45) is 1.99. The number of unbranched alkanes of at least 4 members (excludes halogenated alkanes) is 1. The molecule has 150 valence electrons. The van der Waals surface area contributed by atoms with Crippen LogP contribution in [0.25, 0.3) is 0 Å². The van der Waals surface area contributed by atoms with Crippen LogP contribution in [0.3, 0.4) is 0 Å². The molecule has 0 saturated heterocycles. The number of rotatable bonds is 11. The molecule has 0 aliphatic carbocycles. The third-order valence-corrected chi connectivity index (χ3v) is 4.00. The SMILES string of the molecule is CCCCOc1ccc(C(=O)NCCNc2ccc([N+](=O)[O-])cc2)cc1OC. The van der Waals surface area contributed by atoms with E-state index in [1.54, 1.807) is 30.3 Å². The molecule has 0 radical (unpaired) electrons. The number of nitrogens with zero attached hydrogens (tertiary/aromatic N) is 1. The topological polar surface area (TPSA) is 103 Å². The van der Waals surface area contributed by atoms with Crippen LogP contribution in [0, 0.1) is 10.1 Å². The van der Waals surface area contributed by atoms with Crippen molar-refractivity contribution in [1.82, 2.24) is 5.32 Å². The van der Waals surface area contributed by atoms with E-state index in [1.165, 1.54) is 19.2 Å². The van der Waals surface area contributed by atoms with E-state index in [4.69, 9.17) is 9.47 Å². The highest BCUT2D eigenvalue weighted by molar-refractivity contribution is 5.94. The van der Waals surface area contributed by atoms with Crippen LogP contribution in [0.4, 0.5) is 11.4 Å². The second kappa shape index (κ2) is 10.8. The van der Waals surface area contributed by atoms with E-state index in [-0.39, 0.29) is 11.6 Å². The summed E-state index contributed by atoms with van der Waals surface area (Å²) in [5.41, 5.74) is 1.26. The maximum atomic E-state index is 12.3. The van der Waals surface area contributed by atoms with E-state index in [1.807, 2.05) is 0 Å². The van der Waals surface area contributed by atoms with Gasteiger partial charge in [0, 0.05) is 36.5 Å². The third-order valence-electron chi connectivity index (χ3n) is 4.00. The summed E-state index contributed by atoms with van der Waals surface area (Å²) < 4.78 is 11.0. The number of hydrogen-bond donors (Lipinski definition) is 2. The van der Waals surface area contributed by atoms with Gasteiger partial charge in [-0.05, 0) is 36.8 Å². The van der Waals surface area contributed by atoms with E-state index >= 15 is 0 Å². The van der Waals surface area contributed by atoms with Crippen molar-refractivity contribution < 1.29 is 19.2 Å². The zero-order chi connectivity index (χ0) is 20.4. The zero-order valence-electron chi connectivity index (χ0n) is 16.1. The first-order valence-corrected chi connectivity index (χ1v) is 9.12. The lowest BCUT2D eigenvalue weighted by Gasteiger charge is -2.12. The molecule has 2 aromatic carbocycles. The van der Waals surface area contributed by atoms with Crippen LogP contribution in [0.1, 0.15) is 30.1 Å². The summed E-state index contributed by atoms with van der Waals surface area (Å²) in [5.74, 6) is 0.920. The van der Waals surface area contributed by atoms with Crippen molar-refractivity contribution in [2.45, 2.75) is 19.8 Å². The predicted octanol–water partition coefficient (Wildman–Crippen LogP) is 3.62. The largest absolute Gasteiger partial charge is 0.493 e. The minimum absolute atomic E-state index is 0.0370. The average Bonchev–Trinajstić information content (AvgIpc) is 2.71. The Morgan fingerprint density at radius 1 is 1.11 bits per heavy atom. The van der Waals surface area contributed by atoms with Gasteiger partial charge < -0.3 is 20.1 Å². The van der Waals surface area contributed by atoms with Gasteiger partial charge >= 0.3 is 0 Å². The molecule has 0 unspecified atom stereocenters. The van der Waals surface area contributed by atoms with Gasteiger partial charge in [-0.15, -0.1) is 0 Å². The smallest absolute Gasteiger partial charge is 0.269 e. The Hall–Kier alpha value is -3.29. The number of carbonyl (C=O) groups is 1. The fourth-order valence-corrected chi connectivity index (χ4v) is 2.44. The van der Waals surface area contributed by atoms with E-state index in [9.17, 15) is 14.9 Å². The van der Waals surface area contributed by atoms with Crippen molar-refractivity contribution in [2.24, 2.45) is 0 Å². The summed E-state index contributed by atoms with van der Waals surface area (Å²) in [5, 5.41) is 16.5. The molecule has 0 aromatic heterocycles. The molecular formula is C20H25N3O5. The number of non-ortho nitro benzene ring substituents is 1. The molecule has 0 fully saturated rings. The van der Waals surface area contributed by atoms with Crippen LogP contribution < -0.4 is 20.1 Å². The molecule has 2 aromatic rings. The molecule has 0 saturated carbocycles. The normalized spacial score (nSPS) is 10.2. The molecule has 1 amide bonds. The second-order valence-electron chi connectivity index (χ2n) is 6.05. The highest BCUT2D eigenvalue weighted by Crippen LogP contribution is 2.28. The fourth-order valence-electron chi connectivity index (χ4n) is 2.44. The highest BCUT2D eigenvalue weighted by Gasteiger charge is 2.11. The lowest BCUT2D eigenvalue weighted by atomic mass is 10.2. The van der Waals surface area contributed by atoms with Crippen LogP contribution in [0.5, 0.6) is 11.5 Å². The van der Waals surface area contributed by atoms with E-state index in [2.05, 4.69) is 17.6 Å². The molecular weight excluding hydrogens is 362 g/mol. The van der Waals surface area contributed by atoms with Gasteiger partial charge in [0.2, 0.25) is 0 Å². The number of amides is 1. The summed E-state index contributed by atoms with van der Waals surface area (Å²) in [6, 6.07) is 11.2. The Morgan fingerprint density at radius 3 is 2.50 bits per heavy atom. The van der Waals surface area contributed by atoms with Crippen molar-refractivity contribution >= 4 is 17.3 Å². The quantitative estimate of drug-likeness (QED) is 0.347. The summed E-state index contributed by atoms with van der Waals surface area (Å²) in [4.78, 5) is 22.5. The Kier molecular flexibility index (Phi) is 8.08. The van der Waals surface area contributed by atoms with Gasteiger partial charge in [-0.3, -0.25) is 14.9 Å². The van der Waals surface area contributed by atoms with E-state index in [0.717, 1.165) is 18.5 Å². The lowest BCUT2D eigenvalue weighted by Crippen LogP contribution is -2.28. The summed E-state index contributed by atoms with van der Waals surface area (Å²) >= 11 is 0. The van der Waals surface area contributed by atoms with Crippen molar-refractivity contribution in [3.05, 3.63) is 58.1 Å². The molecule has 0 heterocycles. The second-order valence-corrected chi connectivity index (χ2v) is 6.05. The maximum Gasteiger partial charge on any atom is 0.269 e. The van der Waals surface area contributed by atoms with Gasteiger partial charge in [-0.1, -0.05) is 13.3 Å². The summed E-state index contributed by atoms with van der Waals surface area (Å²) in [6.45, 7) is 3.57. The van der Waals surface area contributed by atoms with Gasteiger partial charge in [0.15, 0.2) is 11.5 Å². The molecule has 2 rings (SSSR count). The number of methoxy groups -OCH3 is 1. The Morgan fingerprint density at radius 2 is 1.86 bits per heavy atom. The molecule has 0 atom stereocenters. The molecule has 0 spiro atoms. The number of carbonyl (C=O) groups excluding carboxylic acids is 1. The van der Waals surface area contributed by atoms with Crippen molar-refractivity contribution in [3.63, 3.8) is 0 Å². The van der Waals surface area contributed by atoms with Gasteiger partial charge in [0.1, 0.15) is 0 Å². The van der Waals surface area contributed by atoms with E-state index < -0.39 is 4.92 Å². The Bertz CT molecular complexity index is 793. The van der Waals surface area contributed by atoms with Crippen LogP contribution in [-0.2, 0) is 0 Å². The van der Waals surface area contributed by atoms with Crippen LogP contribution >= 0.6 is 0 Å². The van der Waals surface area contributed by atoms with Gasteiger partial charge in [-0.25, -0.2) is 0 Å². The molecule has 0 aliphatic heterocycles. The maximum absolute atomic E-state index is 12.3. The van der Waals surface area contributed by atoms with E-state index in [0.29, 0.717) is 36.8 Å². The van der Waals surface area contributed by atoms with Crippen LogP contribution in [0.2, 0.25) is 0 Å². The third kappa shape index (κ3) is 6.15. The minimum Gasteiger partial charge on any atom is -0.493 e. The van der Waals surface area contributed by atoms with Crippen LogP contribution in [-0.4, -0.2) is 37.6 Å². The Labute approximate surface area is 164 Å². The van der Waals surface area contributed by atoms with Crippen molar-refractivity contribution in [2.75, 3.05) is 32.1 Å². The van der Waals surface area contributed by atoms with Crippen molar-refractivity contribution in [3.8, 4) is 11.5 Å². The lowest BCUT2D eigenvalue weighted by molar-refractivity contribution is -0.384. The molecule has 0 aliphatic rings. The van der Waals surface area contributed by atoms with Crippen molar-refractivity contribution in [1.29, 1.82) is 0 Å². The molecule has 8 heteroatoms. The Balaban J connectivity index is 1.82. The first kappa shape index (κ1) is 21.0. The first-order valence-electron chi connectivity index (χ1n) is 9.12. The summed E-state index contributed by atoms with van der Waals surface area (Å²) in [7, 11) is 1.54.